The number of carbonyl (C=O) groups is 1. The van der Waals surface area contributed by atoms with Gasteiger partial charge in [0.25, 0.3) is 0 Å². The standard InChI is InChI=1S/C19H25N3O2/c1-15(2)13-21-8-10-22(11-9-21)18(23)12-17-14-24-19(20-17)16-6-4-3-5-7-16/h3-7,14-15H,8-13H2,1-2H3. The number of amides is 1. The van der Waals surface area contributed by atoms with Gasteiger partial charge in [0.15, 0.2) is 0 Å². The molecule has 5 nitrogen and oxygen atoms in total. The second-order valence-corrected chi connectivity index (χ2v) is 6.76. The molecule has 1 amide bonds. The Morgan fingerprint density at radius 3 is 2.54 bits per heavy atom. The zero-order valence-electron chi connectivity index (χ0n) is 14.4. The summed E-state index contributed by atoms with van der Waals surface area (Å²) in [6.45, 7) is 9.07. The molecule has 1 aliphatic rings. The highest BCUT2D eigenvalue weighted by Gasteiger charge is 2.22. The Balaban J connectivity index is 1.54. The first kappa shape index (κ1) is 16.7. The quantitative estimate of drug-likeness (QED) is 0.847. The Labute approximate surface area is 143 Å². The van der Waals surface area contributed by atoms with Crippen LogP contribution in [0.5, 0.6) is 0 Å². The summed E-state index contributed by atoms with van der Waals surface area (Å²) in [5, 5.41) is 0. The zero-order valence-corrected chi connectivity index (χ0v) is 14.4. The van der Waals surface area contributed by atoms with Crippen LogP contribution in [0.25, 0.3) is 11.5 Å². The van der Waals surface area contributed by atoms with Crippen LogP contribution < -0.4 is 0 Å². The zero-order chi connectivity index (χ0) is 16.9. The maximum absolute atomic E-state index is 12.5. The van der Waals surface area contributed by atoms with Crippen molar-refractivity contribution in [1.82, 2.24) is 14.8 Å². The van der Waals surface area contributed by atoms with Gasteiger partial charge in [0, 0.05) is 38.3 Å². The van der Waals surface area contributed by atoms with Crippen molar-refractivity contribution in [3.05, 3.63) is 42.3 Å². The number of oxazole rings is 1. The first-order valence-electron chi connectivity index (χ1n) is 8.62. The fraction of sp³-hybridized carbons (Fsp3) is 0.474. The SMILES string of the molecule is CC(C)CN1CCN(C(=O)Cc2coc(-c3ccccc3)n2)CC1. The molecule has 5 heteroatoms. The van der Waals surface area contributed by atoms with Crippen molar-refractivity contribution in [2.45, 2.75) is 20.3 Å². The molecule has 0 aliphatic carbocycles. The molecule has 0 atom stereocenters. The van der Waals surface area contributed by atoms with E-state index in [1.165, 1.54) is 0 Å². The minimum Gasteiger partial charge on any atom is -0.444 e. The number of hydrogen-bond acceptors (Lipinski definition) is 4. The normalized spacial score (nSPS) is 15.9. The fourth-order valence-corrected chi connectivity index (χ4v) is 3.06. The van der Waals surface area contributed by atoms with Gasteiger partial charge in [0.2, 0.25) is 11.8 Å². The van der Waals surface area contributed by atoms with E-state index in [0.29, 0.717) is 23.9 Å². The van der Waals surface area contributed by atoms with Crippen LogP contribution >= 0.6 is 0 Å². The van der Waals surface area contributed by atoms with Crippen molar-refractivity contribution in [1.29, 1.82) is 0 Å². The van der Waals surface area contributed by atoms with E-state index in [0.717, 1.165) is 38.3 Å². The summed E-state index contributed by atoms with van der Waals surface area (Å²) in [5.41, 5.74) is 1.63. The van der Waals surface area contributed by atoms with Crippen LogP contribution in [0, 0.1) is 5.92 Å². The van der Waals surface area contributed by atoms with Crippen molar-refractivity contribution >= 4 is 5.91 Å². The van der Waals surface area contributed by atoms with Crippen LogP contribution in [0.1, 0.15) is 19.5 Å². The summed E-state index contributed by atoms with van der Waals surface area (Å²) in [6.07, 6.45) is 1.90. The molecule has 0 unspecified atom stereocenters. The van der Waals surface area contributed by atoms with Crippen LogP contribution in [-0.4, -0.2) is 53.4 Å². The number of hydrogen-bond donors (Lipinski definition) is 0. The highest BCUT2D eigenvalue weighted by molar-refractivity contribution is 5.78. The Bertz CT molecular complexity index is 658. The molecule has 1 aromatic heterocycles. The Morgan fingerprint density at radius 2 is 1.88 bits per heavy atom. The molecular weight excluding hydrogens is 302 g/mol. The summed E-state index contributed by atoms with van der Waals surface area (Å²) >= 11 is 0. The number of aromatic nitrogens is 1. The Kier molecular flexibility index (Phi) is 5.30. The summed E-state index contributed by atoms with van der Waals surface area (Å²) in [6, 6.07) is 9.74. The first-order chi connectivity index (χ1) is 11.6. The minimum absolute atomic E-state index is 0.132. The highest BCUT2D eigenvalue weighted by Crippen LogP contribution is 2.18. The number of piperazine rings is 1. The largest absolute Gasteiger partial charge is 0.444 e. The Morgan fingerprint density at radius 1 is 1.17 bits per heavy atom. The molecule has 1 saturated heterocycles. The minimum atomic E-state index is 0.132. The molecule has 1 aromatic carbocycles. The molecular formula is C19H25N3O2. The van der Waals surface area contributed by atoms with Crippen molar-refractivity contribution in [3.8, 4) is 11.5 Å². The highest BCUT2D eigenvalue weighted by atomic mass is 16.3. The molecule has 0 radical (unpaired) electrons. The molecule has 2 heterocycles. The fourth-order valence-electron chi connectivity index (χ4n) is 3.06. The average molecular weight is 327 g/mol. The lowest BCUT2D eigenvalue weighted by Crippen LogP contribution is -2.49. The molecule has 0 N–H and O–H groups in total. The van der Waals surface area contributed by atoms with Gasteiger partial charge in [-0.2, -0.15) is 0 Å². The lowest BCUT2D eigenvalue weighted by atomic mass is 10.2. The van der Waals surface area contributed by atoms with E-state index in [4.69, 9.17) is 4.42 Å². The Hall–Kier alpha value is -2.14. The lowest BCUT2D eigenvalue weighted by Gasteiger charge is -2.35. The summed E-state index contributed by atoms with van der Waals surface area (Å²) in [7, 11) is 0. The number of benzene rings is 1. The topological polar surface area (TPSA) is 49.6 Å². The van der Waals surface area contributed by atoms with Crippen LogP contribution in [0.2, 0.25) is 0 Å². The predicted octanol–water partition coefficient (Wildman–Crippen LogP) is 2.68. The summed E-state index contributed by atoms with van der Waals surface area (Å²) in [4.78, 5) is 21.3. The van der Waals surface area contributed by atoms with Crippen molar-refractivity contribution in [2.24, 2.45) is 5.92 Å². The van der Waals surface area contributed by atoms with Gasteiger partial charge in [-0.25, -0.2) is 4.98 Å². The van der Waals surface area contributed by atoms with E-state index in [1.807, 2.05) is 35.2 Å². The molecule has 0 saturated carbocycles. The van der Waals surface area contributed by atoms with Crippen LogP contribution in [0.15, 0.2) is 41.0 Å². The van der Waals surface area contributed by atoms with Crippen LogP contribution in [0.3, 0.4) is 0 Å². The molecule has 3 rings (SSSR count). The smallest absolute Gasteiger partial charge is 0.228 e. The van der Waals surface area contributed by atoms with E-state index in [1.54, 1.807) is 6.26 Å². The predicted molar refractivity (Wildman–Crippen MR) is 93.5 cm³/mol. The van der Waals surface area contributed by atoms with Gasteiger partial charge in [0.05, 0.1) is 12.1 Å². The third-order valence-electron chi connectivity index (χ3n) is 4.25. The third kappa shape index (κ3) is 4.23. The van der Waals surface area contributed by atoms with Crippen LogP contribution in [-0.2, 0) is 11.2 Å². The molecule has 2 aromatic rings. The number of nitrogens with zero attached hydrogens (tertiary/aromatic N) is 3. The summed E-state index contributed by atoms with van der Waals surface area (Å²) in [5.74, 6) is 1.37. The molecule has 0 spiro atoms. The molecule has 1 aliphatic heterocycles. The monoisotopic (exact) mass is 327 g/mol. The van der Waals surface area contributed by atoms with E-state index in [2.05, 4.69) is 23.7 Å². The van der Waals surface area contributed by atoms with Gasteiger partial charge in [-0.15, -0.1) is 0 Å². The van der Waals surface area contributed by atoms with Crippen molar-refractivity contribution in [3.63, 3.8) is 0 Å². The number of rotatable bonds is 5. The lowest BCUT2D eigenvalue weighted by molar-refractivity contribution is -0.132. The van der Waals surface area contributed by atoms with Gasteiger partial charge in [-0.05, 0) is 18.1 Å². The first-order valence-corrected chi connectivity index (χ1v) is 8.62. The molecule has 128 valence electrons. The second-order valence-electron chi connectivity index (χ2n) is 6.76. The maximum atomic E-state index is 12.5. The average Bonchev–Trinajstić information content (AvgIpc) is 3.04. The molecule has 0 bridgehead atoms. The van der Waals surface area contributed by atoms with E-state index in [9.17, 15) is 4.79 Å². The molecule has 1 fully saturated rings. The molecule has 24 heavy (non-hydrogen) atoms. The van der Waals surface area contributed by atoms with Gasteiger partial charge in [-0.3, -0.25) is 9.69 Å². The van der Waals surface area contributed by atoms with Gasteiger partial charge < -0.3 is 9.32 Å². The third-order valence-corrected chi connectivity index (χ3v) is 4.25. The summed E-state index contributed by atoms with van der Waals surface area (Å²) < 4.78 is 5.51. The van der Waals surface area contributed by atoms with E-state index >= 15 is 0 Å². The van der Waals surface area contributed by atoms with Crippen molar-refractivity contribution < 1.29 is 9.21 Å². The van der Waals surface area contributed by atoms with Crippen LogP contribution in [0.4, 0.5) is 0 Å². The van der Waals surface area contributed by atoms with E-state index < -0.39 is 0 Å². The number of carbonyl (C=O) groups excluding carboxylic acids is 1. The van der Waals surface area contributed by atoms with Gasteiger partial charge in [-0.1, -0.05) is 32.0 Å². The van der Waals surface area contributed by atoms with Gasteiger partial charge >= 0.3 is 0 Å². The van der Waals surface area contributed by atoms with Gasteiger partial charge in [0.1, 0.15) is 6.26 Å². The van der Waals surface area contributed by atoms with E-state index in [-0.39, 0.29) is 5.91 Å². The second kappa shape index (κ2) is 7.62. The van der Waals surface area contributed by atoms with Crippen molar-refractivity contribution in [2.75, 3.05) is 32.7 Å². The maximum Gasteiger partial charge on any atom is 0.228 e.